The number of aryl methyl sites for hydroxylation is 1. The van der Waals surface area contributed by atoms with Crippen LogP contribution in [0, 0.1) is 18.6 Å². The Morgan fingerprint density at radius 2 is 2.11 bits per heavy atom. The molecule has 0 saturated heterocycles. The molecule has 0 aliphatic carbocycles. The van der Waals surface area contributed by atoms with Crippen molar-refractivity contribution in [2.24, 2.45) is 4.99 Å². The van der Waals surface area contributed by atoms with E-state index >= 15 is 0 Å². The summed E-state index contributed by atoms with van der Waals surface area (Å²) in [5.74, 6) is -0.986. The van der Waals surface area contributed by atoms with E-state index in [-0.39, 0.29) is 24.4 Å². The molecule has 140 valence electrons. The van der Waals surface area contributed by atoms with E-state index in [0.29, 0.717) is 9.50 Å². The van der Waals surface area contributed by atoms with Crippen LogP contribution >= 0.6 is 11.3 Å². The second kappa shape index (κ2) is 7.84. The highest BCUT2D eigenvalue weighted by Crippen LogP contribution is 2.23. The Balaban J connectivity index is 2.00. The highest BCUT2D eigenvalue weighted by molar-refractivity contribution is 7.16. The molecular weight excluding hydrogens is 370 g/mol. The highest BCUT2D eigenvalue weighted by atomic mass is 32.1. The average Bonchev–Trinajstić information content (AvgIpc) is 2.92. The summed E-state index contributed by atoms with van der Waals surface area (Å²) in [7, 11) is 1.59. The SMILES string of the molecule is C=CCn1c(=NC(=O)Cc2ccc(OC)c(C)c2)sc2cc(F)cc(F)c21. The fraction of sp³-hybridized carbons (Fsp3) is 0.200. The van der Waals surface area contributed by atoms with E-state index < -0.39 is 11.6 Å². The van der Waals surface area contributed by atoms with E-state index in [0.717, 1.165) is 34.3 Å². The van der Waals surface area contributed by atoms with Crippen molar-refractivity contribution in [1.82, 2.24) is 4.57 Å². The number of hydrogen-bond acceptors (Lipinski definition) is 3. The number of aromatic nitrogens is 1. The van der Waals surface area contributed by atoms with Crippen molar-refractivity contribution in [2.75, 3.05) is 7.11 Å². The zero-order valence-electron chi connectivity index (χ0n) is 15.0. The van der Waals surface area contributed by atoms with Gasteiger partial charge in [-0.15, -0.1) is 6.58 Å². The molecule has 1 aromatic heterocycles. The van der Waals surface area contributed by atoms with E-state index in [1.165, 1.54) is 10.6 Å². The van der Waals surface area contributed by atoms with Gasteiger partial charge in [-0.25, -0.2) is 8.78 Å². The van der Waals surface area contributed by atoms with Crippen LogP contribution < -0.4 is 9.54 Å². The van der Waals surface area contributed by atoms with Crippen LogP contribution in [0.15, 0.2) is 48.0 Å². The fourth-order valence-electron chi connectivity index (χ4n) is 2.88. The third-order valence-electron chi connectivity index (χ3n) is 4.04. The second-order valence-corrected chi connectivity index (χ2v) is 7.01. The number of carbonyl (C=O) groups excluding carboxylic acids is 1. The Labute approximate surface area is 159 Å². The van der Waals surface area contributed by atoms with Gasteiger partial charge in [0.15, 0.2) is 10.6 Å². The first-order valence-electron chi connectivity index (χ1n) is 8.23. The van der Waals surface area contributed by atoms with Crippen LogP contribution in [0.2, 0.25) is 0 Å². The minimum Gasteiger partial charge on any atom is -0.496 e. The van der Waals surface area contributed by atoms with Crippen molar-refractivity contribution >= 4 is 27.5 Å². The van der Waals surface area contributed by atoms with Crippen molar-refractivity contribution in [2.45, 2.75) is 19.9 Å². The molecule has 0 radical (unpaired) electrons. The number of rotatable bonds is 5. The maximum atomic E-state index is 14.2. The van der Waals surface area contributed by atoms with Gasteiger partial charge < -0.3 is 9.30 Å². The van der Waals surface area contributed by atoms with Gasteiger partial charge in [-0.2, -0.15) is 4.99 Å². The molecule has 7 heteroatoms. The number of nitrogens with zero attached hydrogens (tertiary/aromatic N) is 2. The molecule has 0 bridgehead atoms. The van der Waals surface area contributed by atoms with Gasteiger partial charge in [0.1, 0.15) is 11.6 Å². The Hall–Kier alpha value is -2.80. The summed E-state index contributed by atoms with van der Waals surface area (Å²) in [6.07, 6.45) is 1.68. The summed E-state index contributed by atoms with van der Waals surface area (Å²) in [6, 6.07) is 7.52. The van der Waals surface area contributed by atoms with Crippen LogP contribution in [0.5, 0.6) is 5.75 Å². The van der Waals surface area contributed by atoms with Crippen LogP contribution in [0.25, 0.3) is 10.2 Å². The molecular formula is C20H18F2N2O2S. The smallest absolute Gasteiger partial charge is 0.252 e. The Bertz CT molecular complexity index is 1100. The number of amides is 1. The number of ether oxygens (including phenoxy) is 1. The molecule has 0 unspecified atom stereocenters. The molecule has 0 aliphatic rings. The zero-order valence-corrected chi connectivity index (χ0v) is 15.8. The van der Waals surface area contributed by atoms with Crippen LogP contribution in [0.1, 0.15) is 11.1 Å². The standard InChI is InChI=1S/C20H18F2N2O2S/c1-4-7-24-19-15(22)10-14(21)11-17(19)27-20(24)23-18(25)9-13-5-6-16(26-3)12(2)8-13/h4-6,8,10-11H,1,7,9H2,2-3H3. The molecule has 0 spiro atoms. The number of halogens is 2. The monoisotopic (exact) mass is 388 g/mol. The van der Waals surface area contributed by atoms with Crippen molar-refractivity contribution < 1.29 is 18.3 Å². The Morgan fingerprint density at radius 3 is 2.78 bits per heavy atom. The molecule has 1 heterocycles. The topological polar surface area (TPSA) is 43.6 Å². The van der Waals surface area contributed by atoms with Crippen LogP contribution in [-0.4, -0.2) is 17.6 Å². The van der Waals surface area contributed by atoms with Gasteiger partial charge >= 0.3 is 0 Å². The molecule has 2 aromatic carbocycles. The lowest BCUT2D eigenvalue weighted by Gasteiger charge is -2.06. The molecule has 0 N–H and O–H groups in total. The molecule has 27 heavy (non-hydrogen) atoms. The molecule has 3 aromatic rings. The predicted octanol–water partition coefficient (Wildman–Crippen LogP) is 4.15. The minimum atomic E-state index is -0.692. The van der Waals surface area contributed by atoms with E-state index in [2.05, 4.69) is 11.6 Å². The first-order chi connectivity index (χ1) is 12.9. The van der Waals surface area contributed by atoms with Gasteiger partial charge in [0, 0.05) is 12.6 Å². The summed E-state index contributed by atoms with van der Waals surface area (Å²) in [4.78, 5) is 16.9. The van der Waals surface area contributed by atoms with Gasteiger partial charge in [0.25, 0.3) is 5.91 Å². The average molecular weight is 388 g/mol. The Morgan fingerprint density at radius 1 is 1.33 bits per heavy atom. The highest BCUT2D eigenvalue weighted by Gasteiger charge is 2.13. The molecule has 3 rings (SSSR count). The van der Waals surface area contributed by atoms with Crippen LogP contribution in [0.3, 0.4) is 0 Å². The van der Waals surface area contributed by atoms with Gasteiger partial charge in [-0.1, -0.05) is 29.5 Å². The third-order valence-corrected chi connectivity index (χ3v) is 5.07. The van der Waals surface area contributed by atoms with Crippen molar-refractivity contribution in [3.63, 3.8) is 0 Å². The van der Waals surface area contributed by atoms with Gasteiger partial charge in [0.05, 0.1) is 23.7 Å². The van der Waals surface area contributed by atoms with E-state index in [9.17, 15) is 13.6 Å². The molecule has 1 amide bonds. The van der Waals surface area contributed by atoms with Crippen LogP contribution in [-0.2, 0) is 17.8 Å². The first kappa shape index (κ1) is 19.0. The summed E-state index contributed by atoms with van der Waals surface area (Å²) in [6.45, 7) is 5.81. The molecule has 0 aliphatic heterocycles. The van der Waals surface area contributed by atoms with Gasteiger partial charge in [-0.3, -0.25) is 4.79 Å². The lowest BCUT2D eigenvalue weighted by atomic mass is 10.1. The number of allylic oxidation sites excluding steroid dienone is 1. The van der Waals surface area contributed by atoms with E-state index in [1.807, 2.05) is 13.0 Å². The number of methoxy groups -OCH3 is 1. The number of carbonyl (C=O) groups is 1. The van der Waals surface area contributed by atoms with Crippen molar-refractivity contribution in [1.29, 1.82) is 0 Å². The first-order valence-corrected chi connectivity index (χ1v) is 9.05. The molecule has 0 atom stereocenters. The zero-order chi connectivity index (χ0) is 19.6. The normalized spacial score (nSPS) is 11.8. The fourth-order valence-corrected chi connectivity index (χ4v) is 3.98. The van der Waals surface area contributed by atoms with E-state index in [1.54, 1.807) is 25.3 Å². The predicted molar refractivity (Wildman–Crippen MR) is 102 cm³/mol. The number of fused-ring (bicyclic) bond motifs is 1. The summed E-state index contributed by atoms with van der Waals surface area (Å²) in [5, 5.41) is 0. The van der Waals surface area contributed by atoms with E-state index in [4.69, 9.17) is 4.74 Å². The van der Waals surface area contributed by atoms with Crippen molar-refractivity contribution in [3.05, 3.63) is 70.5 Å². The number of hydrogen-bond donors (Lipinski definition) is 0. The lowest BCUT2D eigenvalue weighted by Crippen LogP contribution is -2.17. The molecule has 4 nitrogen and oxygen atoms in total. The summed E-state index contributed by atoms with van der Waals surface area (Å²) in [5.41, 5.74) is 1.94. The summed E-state index contributed by atoms with van der Waals surface area (Å²) >= 11 is 1.07. The largest absolute Gasteiger partial charge is 0.496 e. The van der Waals surface area contributed by atoms with Gasteiger partial charge in [0.2, 0.25) is 0 Å². The van der Waals surface area contributed by atoms with Crippen LogP contribution in [0.4, 0.5) is 8.78 Å². The molecule has 0 saturated carbocycles. The quantitative estimate of drug-likeness (QED) is 0.616. The second-order valence-electron chi connectivity index (χ2n) is 6.00. The summed E-state index contributed by atoms with van der Waals surface area (Å²) < 4.78 is 34.8. The lowest BCUT2D eigenvalue weighted by molar-refractivity contribution is -0.117. The number of thiazole rings is 1. The Kier molecular flexibility index (Phi) is 5.51. The minimum absolute atomic E-state index is 0.101. The molecule has 0 fully saturated rings. The maximum Gasteiger partial charge on any atom is 0.252 e. The van der Waals surface area contributed by atoms with Crippen molar-refractivity contribution in [3.8, 4) is 5.75 Å². The van der Waals surface area contributed by atoms with Gasteiger partial charge in [-0.05, 0) is 30.2 Å². The number of benzene rings is 2. The maximum absolute atomic E-state index is 14.2. The third kappa shape index (κ3) is 3.98.